The van der Waals surface area contributed by atoms with Gasteiger partial charge in [-0.1, -0.05) is 54.2 Å². The van der Waals surface area contributed by atoms with Crippen molar-refractivity contribution in [2.45, 2.75) is 17.5 Å². The number of imidazole rings is 2. The van der Waals surface area contributed by atoms with Gasteiger partial charge in [0, 0.05) is 26.0 Å². The van der Waals surface area contributed by atoms with Gasteiger partial charge in [-0.25, -0.2) is 9.97 Å². The van der Waals surface area contributed by atoms with E-state index >= 15 is 0 Å². The lowest BCUT2D eigenvalue weighted by Crippen LogP contribution is -2.03. The molecule has 0 aliphatic rings. The van der Waals surface area contributed by atoms with E-state index in [2.05, 4.69) is 57.6 Å². The van der Waals surface area contributed by atoms with Gasteiger partial charge in [0.05, 0.1) is 16.8 Å². The smallest absolute Gasteiger partial charge is 0.169 e. The van der Waals surface area contributed by atoms with Gasteiger partial charge in [0.25, 0.3) is 0 Å². The third kappa shape index (κ3) is 2.95. The van der Waals surface area contributed by atoms with E-state index in [9.17, 15) is 0 Å². The van der Waals surface area contributed by atoms with E-state index in [1.807, 2.05) is 30.6 Å². The van der Waals surface area contributed by atoms with Crippen LogP contribution < -0.4 is 0 Å². The number of rotatable bonds is 5. The van der Waals surface area contributed by atoms with E-state index in [-0.39, 0.29) is 0 Å². The summed E-state index contributed by atoms with van der Waals surface area (Å²) in [5.41, 5.74) is 3.48. The summed E-state index contributed by atoms with van der Waals surface area (Å²) >= 11 is 1.72. The second-order valence-corrected chi connectivity index (χ2v) is 6.63. The second-order valence-electron chi connectivity index (χ2n) is 5.69. The Bertz CT molecular complexity index is 956. The molecule has 24 heavy (non-hydrogen) atoms. The topological polar surface area (TPSA) is 35.6 Å². The molecule has 4 aromatic rings. The van der Waals surface area contributed by atoms with Crippen molar-refractivity contribution in [1.82, 2.24) is 19.1 Å². The van der Waals surface area contributed by atoms with Crippen LogP contribution >= 0.6 is 11.8 Å². The molecule has 2 heterocycles. The highest BCUT2D eigenvalue weighted by Gasteiger charge is 2.10. The van der Waals surface area contributed by atoms with Gasteiger partial charge in [0.15, 0.2) is 5.16 Å². The molecule has 2 aromatic carbocycles. The van der Waals surface area contributed by atoms with Crippen molar-refractivity contribution in [3.63, 3.8) is 0 Å². The number of fused-ring (bicyclic) bond motifs is 1. The lowest BCUT2D eigenvalue weighted by atomic mass is 10.2. The Hall–Kier alpha value is -2.53. The van der Waals surface area contributed by atoms with Gasteiger partial charge in [-0.15, -0.1) is 0 Å². The number of hydrogen-bond acceptors (Lipinski definition) is 3. The fraction of sp³-hybridized carbons (Fsp3) is 0.158. The zero-order chi connectivity index (χ0) is 16.4. The number of thioether (sulfide) groups is 1. The minimum atomic E-state index is 0.803. The zero-order valence-corrected chi connectivity index (χ0v) is 14.3. The van der Waals surface area contributed by atoms with Crippen LogP contribution in [0, 0.1) is 0 Å². The summed E-state index contributed by atoms with van der Waals surface area (Å²) in [4.78, 5) is 9.23. The van der Waals surface area contributed by atoms with Crippen LogP contribution in [0.25, 0.3) is 11.0 Å². The lowest BCUT2D eigenvalue weighted by Gasteiger charge is -2.08. The summed E-state index contributed by atoms with van der Waals surface area (Å²) in [5.74, 6) is 1.87. The maximum atomic E-state index is 4.71. The van der Waals surface area contributed by atoms with Crippen molar-refractivity contribution in [2.24, 2.45) is 7.05 Å². The van der Waals surface area contributed by atoms with Gasteiger partial charge < -0.3 is 9.13 Å². The van der Waals surface area contributed by atoms with Gasteiger partial charge in [-0.3, -0.25) is 0 Å². The third-order valence-corrected chi connectivity index (χ3v) is 5.10. The zero-order valence-electron chi connectivity index (χ0n) is 13.5. The van der Waals surface area contributed by atoms with E-state index in [4.69, 9.17) is 4.98 Å². The SMILES string of the molecule is Cn1c(SCc2nccn2Cc2ccccc2)nc2ccccc21. The number of aryl methyl sites for hydroxylation is 1. The minimum absolute atomic E-state index is 0.803. The first kappa shape index (κ1) is 15.0. The predicted molar refractivity (Wildman–Crippen MR) is 98.0 cm³/mol. The number of benzene rings is 2. The molecule has 120 valence electrons. The fourth-order valence-electron chi connectivity index (χ4n) is 2.79. The van der Waals surface area contributed by atoms with Crippen LogP contribution in [-0.2, 0) is 19.3 Å². The minimum Gasteiger partial charge on any atom is -0.330 e. The standard InChI is InChI=1S/C19H18N4S/c1-22-17-10-6-5-9-16(17)21-19(22)24-14-18-20-11-12-23(18)13-15-7-3-2-4-8-15/h2-12H,13-14H2,1H3. The molecule has 4 nitrogen and oxygen atoms in total. The fourth-order valence-corrected chi connectivity index (χ4v) is 3.74. The first-order chi connectivity index (χ1) is 11.8. The summed E-state index contributed by atoms with van der Waals surface area (Å²) < 4.78 is 4.34. The van der Waals surface area contributed by atoms with Crippen LogP contribution in [0.15, 0.2) is 72.1 Å². The quantitative estimate of drug-likeness (QED) is 0.515. The van der Waals surface area contributed by atoms with Crippen molar-refractivity contribution in [3.05, 3.63) is 78.4 Å². The molecule has 0 spiro atoms. The largest absolute Gasteiger partial charge is 0.330 e. The Morgan fingerprint density at radius 3 is 2.62 bits per heavy atom. The Balaban J connectivity index is 1.52. The molecule has 5 heteroatoms. The van der Waals surface area contributed by atoms with Crippen LogP contribution in [-0.4, -0.2) is 19.1 Å². The number of nitrogens with zero attached hydrogens (tertiary/aromatic N) is 4. The van der Waals surface area contributed by atoms with Gasteiger partial charge in [-0.05, 0) is 17.7 Å². The molecule has 0 unspecified atom stereocenters. The van der Waals surface area contributed by atoms with Crippen molar-refractivity contribution >= 4 is 22.8 Å². The van der Waals surface area contributed by atoms with Crippen LogP contribution in [0.3, 0.4) is 0 Å². The molecule has 0 amide bonds. The van der Waals surface area contributed by atoms with Gasteiger partial charge in [0.1, 0.15) is 5.82 Å². The maximum absolute atomic E-state index is 4.71. The molecule has 0 fully saturated rings. The van der Waals surface area contributed by atoms with Crippen LogP contribution in [0.4, 0.5) is 0 Å². The third-order valence-electron chi connectivity index (χ3n) is 4.07. The predicted octanol–water partition coefficient (Wildman–Crippen LogP) is 4.11. The monoisotopic (exact) mass is 334 g/mol. The highest BCUT2D eigenvalue weighted by atomic mass is 32.2. The maximum Gasteiger partial charge on any atom is 0.169 e. The van der Waals surface area contributed by atoms with E-state index in [0.717, 1.165) is 34.3 Å². The van der Waals surface area contributed by atoms with Crippen LogP contribution in [0.2, 0.25) is 0 Å². The Morgan fingerprint density at radius 2 is 1.79 bits per heavy atom. The molecule has 0 atom stereocenters. The van der Waals surface area contributed by atoms with E-state index in [0.29, 0.717) is 0 Å². The first-order valence-electron chi connectivity index (χ1n) is 7.89. The van der Waals surface area contributed by atoms with Gasteiger partial charge in [0.2, 0.25) is 0 Å². The molecule has 0 N–H and O–H groups in total. The number of para-hydroxylation sites is 2. The van der Waals surface area contributed by atoms with E-state index in [1.54, 1.807) is 11.8 Å². The van der Waals surface area contributed by atoms with Crippen LogP contribution in [0.1, 0.15) is 11.4 Å². The molecule has 0 bridgehead atoms. The molecular weight excluding hydrogens is 316 g/mol. The molecule has 0 aliphatic carbocycles. The average molecular weight is 334 g/mol. The lowest BCUT2D eigenvalue weighted by molar-refractivity contribution is 0.754. The summed E-state index contributed by atoms with van der Waals surface area (Å²) in [6.07, 6.45) is 3.91. The van der Waals surface area contributed by atoms with Crippen molar-refractivity contribution < 1.29 is 0 Å². The highest BCUT2D eigenvalue weighted by Crippen LogP contribution is 2.25. The van der Waals surface area contributed by atoms with Crippen LogP contribution in [0.5, 0.6) is 0 Å². The molecule has 2 aromatic heterocycles. The highest BCUT2D eigenvalue weighted by molar-refractivity contribution is 7.98. The Labute approximate surface area is 145 Å². The number of aromatic nitrogens is 4. The summed E-state index contributed by atoms with van der Waals surface area (Å²) in [6.45, 7) is 0.847. The molecular formula is C19H18N4S. The summed E-state index contributed by atoms with van der Waals surface area (Å²) in [6, 6.07) is 18.7. The van der Waals surface area contributed by atoms with Gasteiger partial charge >= 0.3 is 0 Å². The van der Waals surface area contributed by atoms with E-state index in [1.165, 1.54) is 5.56 Å². The summed E-state index contributed by atoms with van der Waals surface area (Å²) in [7, 11) is 2.06. The summed E-state index contributed by atoms with van der Waals surface area (Å²) in [5, 5.41) is 1.02. The second kappa shape index (κ2) is 6.53. The molecule has 0 radical (unpaired) electrons. The normalized spacial score (nSPS) is 11.2. The molecule has 0 saturated carbocycles. The average Bonchev–Trinajstić information content (AvgIpc) is 3.19. The molecule has 0 aliphatic heterocycles. The molecule has 0 saturated heterocycles. The Kier molecular flexibility index (Phi) is 4.09. The number of hydrogen-bond donors (Lipinski definition) is 0. The van der Waals surface area contributed by atoms with E-state index < -0.39 is 0 Å². The van der Waals surface area contributed by atoms with Crippen molar-refractivity contribution in [1.29, 1.82) is 0 Å². The Morgan fingerprint density at radius 1 is 1.00 bits per heavy atom. The van der Waals surface area contributed by atoms with Gasteiger partial charge in [-0.2, -0.15) is 0 Å². The molecule has 4 rings (SSSR count). The van der Waals surface area contributed by atoms with Crippen molar-refractivity contribution in [2.75, 3.05) is 0 Å². The first-order valence-corrected chi connectivity index (χ1v) is 8.88. The van der Waals surface area contributed by atoms with Crippen molar-refractivity contribution in [3.8, 4) is 0 Å².